The Hall–Kier alpha value is -0.620. The summed E-state index contributed by atoms with van der Waals surface area (Å²) in [5.74, 6) is 0.283. The van der Waals surface area contributed by atoms with E-state index in [-0.39, 0.29) is 12.0 Å². The summed E-state index contributed by atoms with van der Waals surface area (Å²) in [6, 6.07) is 7.57. The molecule has 0 aliphatic carbocycles. The Morgan fingerprint density at radius 3 is 2.44 bits per heavy atom. The molecule has 0 radical (unpaired) electrons. The van der Waals surface area contributed by atoms with Gasteiger partial charge in [0.05, 0.1) is 6.61 Å². The second-order valence-electron chi connectivity index (χ2n) is 4.54. The van der Waals surface area contributed by atoms with Crippen LogP contribution in [0.5, 0.6) is 0 Å². The number of carbonyl (C=O) groups excluding carboxylic acids is 1. The molecule has 0 bridgehead atoms. The fourth-order valence-electron chi connectivity index (χ4n) is 1.57. The van der Waals surface area contributed by atoms with Crippen LogP contribution in [0.15, 0.2) is 24.3 Å². The maximum atomic E-state index is 12.0. The van der Waals surface area contributed by atoms with Crippen LogP contribution in [0, 0.1) is 9.49 Å². The van der Waals surface area contributed by atoms with Gasteiger partial charge < -0.3 is 10.1 Å². The smallest absolute Gasteiger partial charge is 0.327 e. The second kappa shape index (κ2) is 7.74. The van der Waals surface area contributed by atoms with E-state index in [1.54, 1.807) is 0 Å². The van der Waals surface area contributed by atoms with E-state index in [0.717, 1.165) is 15.7 Å². The van der Waals surface area contributed by atoms with Gasteiger partial charge in [-0.25, -0.2) is 4.79 Å². The summed E-state index contributed by atoms with van der Waals surface area (Å²) in [6.07, 6.45) is 0. The zero-order chi connectivity index (χ0) is 13.5. The van der Waals surface area contributed by atoms with Gasteiger partial charge in [-0.15, -0.1) is 0 Å². The summed E-state index contributed by atoms with van der Waals surface area (Å²) in [5, 5.41) is 3.26. The second-order valence-corrected chi connectivity index (χ2v) is 5.78. The summed E-state index contributed by atoms with van der Waals surface area (Å²) in [6.45, 7) is 7.25. The third-order valence-corrected chi connectivity index (χ3v) is 3.18. The van der Waals surface area contributed by atoms with Gasteiger partial charge in [-0.2, -0.15) is 0 Å². The van der Waals surface area contributed by atoms with Gasteiger partial charge in [-0.1, -0.05) is 26.0 Å². The number of esters is 1. The maximum Gasteiger partial charge on any atom is 0.327 e. The molecule has 1 aromatic rings. The Labute approximate surface area is 122 Å². The number of halogens is 1. The van der Waals surface area contributed by atoms with Crippen molar-refractivity contribution in [2.75, 3.05) is 13.2 Å². The predicted molar refractivity (Wildman–Crippen MR) is 81.4 cm³/mol. The van der Waals surface area contributed by atoms with Crippen LogP contribution in [0.2, 0.25) is 0 Å². The minimum atomic E-state index is -0.371. The van der Waals surface area contributed by atoms with E-state index in [0.29, 0.717) is 12.5 Å². The van der Waals surface area contributed by atoms with Crippen molar-refractivity contribution >= 4 is 28.6 Å². The van der Waals surface area contributed by atoms with Gasteiger partial charge >= 0.3 is 5.97 Å². The highest BCUT2D eigenvalue weighted by atomic mass is 127. The van der Waals surface area contributed by atoms with Crippen molar-refractivity contribution in [2.45, 2.75) is 26.8 Å². The Balaban J connectivity index is 2.82. The summed E-state index contributed by atoms with van der Waals surface area (Å²) >= 11 is 2.25. The molecule has 0 aliphatic heterocycles. The first-order chi connectivity index (χ1) is 8.54. The molecule has 4 heteroatoms. The molecular weight excluding hydrogens is 341 g/mol. The molecule has 1 rings (SSSR count). The molecule has 0 saturated heterocycles. The minimum absolute atomic E-state index is 0.209. The van der Waals surface area contributed by atoms with E-state index in [1.807, 2.05) is 31.2 Å². The average molecular weight is 361 g/mol. The lowest BCUT2D eigenvalue weighted by atomic mass is 10.1. The molecule has 100 valence electrons. The van der Waals surface area contributed by atoms with Gasteiger partial charge in [-0.05, 0) is 59.7 Å². The first kappa shape index (κ1) is 15.4. The van der Waals surface area contributed by atoms with Crippen LogP contribution in [0.4, 0.5) is 0 Å². The highest BCUT2D eigenvalue weighted by Gasteiger charge is 2.21. The maximum absolute atomic E-state index is 12.0. The van der Waals surface area contributed by atoms with Crippen LogP contribution in [0.1, 0.15) is 32.4 Å². The molecule has 1 atom stereocenters. The fourth-order valence-corrected chi connectivity index (χ4v) is 1.93. The van der Waals surface area contributed by atoms with E-state index >= 15 is 0 Å². The lowest BCUT2D eigenvalue weighted by Crippen LogP contribution is -2.32. The number of rotatable bonds is 6. The van der Waals surface area contributed by atoms with Crippen molar-refractivity contribution in [1.29, 1.82) is 0 Å². The summed E-state index contributed by atoms with van der Waals surface area (Å²) < 4.78 is 6.27. The molecular formula is C14H20INO2. The average Bonchev–Trinajstić information content (AvgIpc) is 2.31. The lowest BCUT2D eigenvalue weighted by molar-refractivity contribution is -0.145. The third-order valence-electron chi connectivity index (χ3n) is 2.46. The Kier molecular flexibility index (Phi) is 6.63. The molecule has 0 spiro atoms. The van der Waals surface area contributed by atoms with Gasteiger partial charge in [0.15, 0.2) is 0 Å². The fraction of sp³-hybridized carbons (Fsp3) is 0.500. The van der Waals surface area contributed by atoms with Crippen molar-refractivity contribution < 1.29 is 9.53 Å². The van der Waals surface area contributed by atoms with Crippen molar-refractivity contribution in [3.8, 4) is 0 Å². The number of benzene rings is 1. The number of ether oxygens (including phenoxy) is 1. The molecule has 0 aromatic heterocycles. The molecule has 1 aromatic carbocycles. The summed E-state index contributed by atoms with van der Waals surface area (Å²) in [5.41, 5.74) is 0.953. The topological polar surface area (TPSA) is 38.3 Å². The molecule has 0 aliphatic rings. The molecule has 0 fully saturated rings. The van der Waals surface area contributed by atoms with Crippen molar-refractivity contribution in [2.24, 2.45) is 5.92 Å². The van der Waals surface area contributed by atoms with Crippen LogP contribution in [-0.4, -0.2) is 19.1 Å². The number of carbonyl (C=O) groups is 1. The zero-order valence-electron chi connectivity index (χ0n) is 11.1. The molecule has 1 N–H and O–H groups in total. The van der Waals surface area contributed by atoms with Gasteiger partial charge in [0.1, 0.15) is 6.04 Å². The SMILES string of the molecule is CCOC(=O)C(NCC(C)C)c1ccc(I)cc1. The number of nitrogens with one attached hydrogen (secondary N) is 1. The highest BCUT2D eigenvalue weighted by molar-refractivity contribution is 14.1. The normalized spacial score (nSPS) is 12.5. The van der Waals surface area contributed by atoms with E-state index in [1.165, 1.54) is 0 Å². The van der Waals surface area contributed by atoms with Crippen LogP contribution >= 0.6 is 22.6 Å². The predicted octanol–water partition coefficient (Wildman–Crippen LogP) is 3.14. The highest BCUT2D eigenvalue weighted by Crippen LogP contribution is 2.17. The lowest BCUT2D eigenvalue weighted by Gasteiger charge is -2.19. The summed E-state index contributed by atoms with van der Waals surface area (Å²) in [7, 11) is 0. The molecule has 0 heterocycles. The van der Waals surface area contributed by atoms with Crippen molar-refractivity contribution in [3.05, 3.63) is 33.4 Å². The molecule has 0 amide bonds. The molecule has 0 saturated carbocycles. The third kappa shape index (κ3) is 4.94. The van der Waals surface area contributed by atoms with Crippen LogP contribution < -0.4 is 5.32 Å². The molecule has 1 unspecified atom stereocenters. The van der Waals surface area contributed by atoms with E-state index in [2.05, 4.69) is 41.8 Å². The molecule has 18 heavy (non-hydrogen) atoms. The standard InChI is InChI=1S/C14H20INO2/c1-4-18-14(17)13(16-9-10(2)3)11-5-7-12(15)8-6-11/h5-8,10,13,16H,4,9H2,1-3H3. The van der Waals surface area contributed by atoms with E-state index in [9.17, 15) is 4.79 Å². The van der Waals surface area contributed by atoms with Gasteiger partial charge in [0.25, 0.3) is 0 Å². The van der Waals surface area contributed by atoms with Gasteiger partial charge in [0.2, 0.25) is 0 Å². The zero-order valence-corrected chi connectivity index (χ0v) is 13.2. The van der Waals surface area contributed by atoms with Gasteiger partial charge in [-0.3, -0.25) is 0 Å². The van der Waals surface area contributed by atoms with Crippen LogP contribution in [0.25, 0.3) is 0 Å². The van der Waals surface area contributed by atoms with Crippen LogP contribution in [0.3, 0.4) is 0 Å². The Morgan fingerprint density at radius 2 is 1.94 bits per heavy atom. The minimum Gasteiger partial charge on any atom is -0.465 e. The first-order valence-corrected chi connectivity index (χ1v) is 7.28. The number of hydrogen-bond donors (Lipinski definition) is 1. The molecule has 3 nitrogen and oxygen atoms in total. The number of hydrogen-bond acceptors (Lipinski definition) is 3. The van der Waals surface area contributed by atoms with Gasteiger partial charge in [0, 0.05) is 3.57 Å². The monoisotopic (exact) mass is 361 g/mol. The first-order valence-electron chi connectivity index (χ1n) is 6.20. The Bertz CT molecular complexity index is 376. The van der Waals surface area contributed by atoms with Crippen LogP contribution in [-0.2, 0) is 9.53 Å². The Morgan fingerprint density at radius 1 is 1.33 bits per heavy atom. The van der Waals surface area contributed by atoms with E-state index < -0.39 is 0 Å². The summed E-state index contributed by atoms with van der Waals surface area (Å²) in [4.78, 5) is 12.0. The van der Waals surface area contributed by atoms with Crippen molar-refractivity contribution in [3.63, 3.8) is 0 Å². The van der Waals surface area contributed by atoms with Crippen molar-refractivity contribution in [1.82, 2.24) is 5.32 Å². The van der Waals surface area contributed by atoms with E-state index in [4.69, 9.17) is 4.74 Å². The largest absolute Gasteiger partial charge is 0.465 e. The quantitative estimate of drug-likeness (QED) is 0.625.